The second kappa shape index (κ2) is 9.20. The Bertz CT molecular complexity index is 1320. The number of hydrogen-bond acceptors (Lipinski definition) is 8. The van der Waals surface area contributed by atoms with Crippen molar-refractivity contribution < 1.29 is 22.1 Å². The third-order valence-corrected chi connectivity index (χ3v) is 6.91. The van der Waals surface area contributed by atoms with Crippen LogP contribution < -0.4 is 8.92 Å². The maximum absolute atomic E-state index is 12.6. The standard InChI is InChI=1S/C22H20N4O5S2/c1-3-7-19-25-26-20(23)16(21(27)24-22(26)32-19)12-14-10-11-17(18(13-14)30-2)31-33(28,29)15-8-5-4-6-9-15/h4-6,8-13,23H,3,7H2,1-2H3/b16-12-,23-20?. The highest BCUT2D eigenvalue weighted by molar-refractivity contribution is 8.26. The van der Waals surface area contributed by atoms with E-state index in [9.17, 15) is 13.2 Å². The van der Waals surface area contributed by atoms with Gasteiger partial charge in [-0.1, -0.05) is 31.2 Å². The number of carbonyl (C=O) groups excluding carboxylic acids is 1. The second-order valence-corrected chi connectivity index (χ2v) is 9.61. The average Bonchev–Trinajstić information content (AvgIpc) is 3.20. The van der Waals surface area contributed by atoms with E-state index >= 15 is 0 Å². The van der Waals surface area contributed by atoms with Crippen molar-refractivity contribution in [1.82, 2.24) is 5.01 Å². The first kappa shape index (κ1) is 22.7. The molecule has 170 valence electrons. The van der Waals surface area contributed by atoms with Crippen molar-refractivity contribution in [3.05, 3.63) is 59.7 Å². The van der Waals surface area contributed by atoms with Crippen LogP contribution in [-0.2, 0) is 14.9 Å². The van der Waals surface area contributed by atoms with Gasteiger partial charge >= 0.3 is 10.1 Å². The van der Waals surface area contributed by atoms with Gasteiger partial charge in [0.2, 0.25) is 5.17 Å². The van der Waals surface area contributed by atoms with Crippen LogP contribution in [0.4, 0.5) is 0 Å². The summed E-state index contributed by atoms with van der Waals surface area (Å²) >= 11 is 1.29. The molecule has 0 saturated carbocycles. The molecule has 0 fully saturated rings. The summed E-state index contributed by atoms with van der Waals surface area (Å²) in [5.74, 6) is -0.464. The van der Waals surface area contributed by atoms with E-state index in [1.165, 1.54) is 54.2 Å². The lowest BCUT2D eigenvalue weighted by atomic mass is 10.1. The van der Waals surface area contributed by atoms with Crippen molar-refractivity contribution in [1.29, 1.82) is 5.41 Å². The number of fused-ring (bicyclic) bond motifs is 1. The molecule has 0 bridgehead atoms. The highest BCUT2D eigenvalue weighted by Crippen LogP contribution is 2.33. The highest BCUT2D eigenvalue weighted by Gasteiger charge is 2.35. The Morgan fingerprint density at radius 3 is 2.61 bits per heavy atom. The minimum Gasteiger partial charge on any atom is -0.493 e. The van der Waals surface area contributed by atoms with Gasteiger partial charge in [0.1, 0.15) is 9.94 Å². The van der Waals surface area contributed by atoms with Crippen LogP contribution >= 0.6 is 11.8 Å². The topological polar surface area (TPSA) is 121 Å². The van der Waals surface area contributed by atoms with Crippen molar-refractivity contribution in [2.45, 2.75) is 24.7 Å². The van der Waals surface area contributed by atoms with E-state index in [-0.39, 0.29) is 27.8 Å². The summed E-state index contributed by atoms with van der Waals surface area (Å²) in [6.45, 7) is 2.02. The smallest absolute Gasteiger partial charge is 0.339 e. The molecule has 2 aliphatic heterocycles. The first-order valence-electron chi connectivity index (χ1n) is 9.99. The Kier molecular flexibility index (Phi) is 6.34. The number of amides is 1. The first-order chi connectivity index (χ1) is 15.8. The van der Waals surface area contributed by atoms with E-state index in [0.29, 0.717) is 10.7 Å². The summed E-state index contributed by atoms with van der Waals surface area (Å²) in [6, 6.07) is 12.3. The van der Waals surface area contributed by atoms with E-state index in [2.05, 4.69) is 10.1 Å². The van der Waals surface area contributed by atoms with Gasteiger partial charge in [-0.05, 0) is 60.5 Å². The van der Waals surface area contributed by atoms with Crippen LogP contribution in [0.3, 0.4) is 0 Å². The van der Waals surface area contributed by atoms with E-state index in [1.54, 1.807) is 24.3 Å². The van der Waals surface area contributed by atoms with Crippen LogP contribution in [0.2, 0.25) is 0 Å². The molecule has 2 aromatic rings. The Labute approximate surface area is 195 Å². The van der Waals surface area contributed by atoms with Crippen molar-refractivity contribution in [3.63, 3.8) is 0 Å². The number of carbonyl (C=O) groups is 1. The van der Waals surface area contributed by atoms with Crippen LogP contribution in [0.15, 0.2) is 69.1 Å². The lowest BCUT2D eigenvalue weighted by molar-refractivity contribution is -0.114. The minimum absolute atomic E-state index is 0.00129. The molecule has 1 amide bonds. The fourth-order valence-electron chi connectivity index (χ4n) is 3.11. The minimum atomic E-state index is -4.05. The van der Waals surface area contributed by atoms with Crippen LogP contribution in [0, 0.1) is 5.41 Å². The summed E-state index contributed by atoms with van der Waals surface area (Å²) in [4.78, 5) is 16.6. The molecule has 4 rings (SSSR count). The molecule has 2 heterocycles. The average molecular weight is 485 g/mol. The predicted octanol–water partition coefficient (Wildman–Crippen LogP) is 3.88. The number of thioether (sulfide) groups is 1. The van der Waals surface area contributed by atoms with Gasteiger partial charge in [-0.25, -0.2) is 0 Å². The maximum Gasteiger partial charge on any atom is 0.339 e. The summed E-state index contributed by atoms with van der Waals surface area (Å²) in [5, 5.41) is 15.3. The Hall–Kier alpha value is -3.44. The zero-order chi connectivity index (χ0) is 23.6. The molecule has 2 aromatic carbocycles. The number of nitrogens with one attached hydrogen (secondary N) is 1. The SMILES string of the molecule is CCCC1=NN2C(=N)/C(=C/c3ccc(OS(=O)(=O)c4ccccc4)c(OC)c3)C(=O)N=C2S1. The fraction of sp³-hybridized carbons (Fsp3) is 0.182. The number of ether oxygens (including phenoxy) is 1. The number of nitrogens with zero attached hydrogens (tertiary/aromatic N) is 3. The van der Waals surface area contributed by atoms with Gasteiger partial charge < -0.3 is 8.92 Å². The number of hydrogen-bond donors (Lipinski definition) is 1. The molecule has 0 saturated heterocycles. The molecule has 0 radical (unpaired) electrons. The molecule has 0 atom stereocenters. The molecular formula is C22H20N4O5S2. The summed E-state index contributed by atoms with van der Waals surface area (Å²) in [5.41, 5.74) is 0.571. The third-order valence-electron chi connectivity index (χ3n) is 4.69. The molecule has 33 heavy (non-hydrogen) atoms. The number of methoxy groups -OCH3 is 1. The lowest BCUT2D eigenvalue weighted by Gasteiger charge is -2.20. The van der Waals surface area contributed by atoms with Gasteiger partial charge in [0.15, 0.2) is 17.3 Å². The number of hydrazone groups is 1. The van der Waals surface area contributed by atoms with Gasteiger partial charge in [0.05, 0.1) is 12.7 Å². The monoisotopic (exact) mass is 484 g/mol. The van der Waals surface area contributed by atoms with Crippen molar-refractivity contribution >= 4 is 49.9 Å². The van der Waals surface area contributed by atoms with Crippen molar-refractivity contribution in [3.8, 4) is 11.5 Å². The van der Waals surface area contributed by atoms with Gasteiger partial charge in [-0.3, -0.25) is 10.2 Å². The molecule has 0 aliphatic carbocycles. The van der Waals surface area contributed by atoms with E-state index in [1.807, 2.05) is 6.92 Å². The molecule has 11 heteroatoms. The lowest BCUT2D eigenvalue weighted by Crippen LogP contribution is -2.35. The molecule has 0 aromatic heterocycles. The summed E-state index contributed by atoms with van der Waals surface area (Å²) in [7, 11) is -2.67. The van der Waals surface area contributed by atoms with Gasteiger partial charge in [-0.15, -0.1) is 0 Å². The Morgan fingerprint density at radius 2 is 1.91 bits per heavy atom. The van der Waals surface area contributed by atoms with Crippen LogP contribution in [0.25, 0.3) is 6.08 Å². The second-order valence-electron chi connectivity index (χ2n) is 7.02. The van der Waals surface area contributed by atoms with Gasteiger partial charge in [0.25, 0.3) is 5.91 Å². The summed E-state index contributed by atoms with van der Waals surface area (Å²) < 4.78 is 35.6. The van der Waals surface area contributed by atoms with E-state index < -0.39 is 16.0 Å². The fourth-order valence-corrected chi connectivity index (χ4v) is 5.06. The molecule has 1 N–H and O–H groups in total. The first-order valence-corrected chi connectivity index (χ1v) is 12.2. The van der Waals surface area contributed by atoms with Gasteiger partial charge in [0, 0.05) is 0 Å². The Morgan fingerprint density at radius 1 is 1.15 bits per heavy atom. The van der Waals surface area contributed by atoms with E-state index in [4.69, 9.17) is 14.3 Å². The largest absolute Gasteiger partial charge is 0.493 e. The van der Waals surface area contributed by atoms with Gasteiger partial charge in [-0.2, -0.15) is 23.5 Å². The zero-order valence-corrected chi connectivity index (χ0v) is 19.4. The highest BCUT2D eigenvalue weighted by atomic mass is 32.2. The Balaban J connectivity index is 1.62. The number of aliphatic imine (C=N–C) groups is 1. The summed E-state index contributed by atoms with van der Waals surface area (Å²) in [6.07, 6.45) is 3.12. The van der Waals surface area contributed by atoms with Crippen LogP contribution in [0.5, 0.6) is 11.5 Å². The molecule has 0 unspecified atom stereocenters. The van der Waals surface area contributed by atoms with Crippen molar-refractivity contribution in [2.24, 2.45) is 10.1 Å². The van der Waals surface area contributed by atoms with Crippen LogP contribution in [0.1, 0.15) is 25.3 Å². The molecule has 2 aliphatic rings. The molecular weight excluding hydrogens is 464 g/mol. The third kappa shape index (κ3) is 4.69. The number of amidine groups is 2. The van der Waals surface area contributed by atoms with Crippen molar-refractivity contribution in [2.75, 3.05) is 7.11 Å². The molecule has 9 nitrogen and oxygen atoms in total. The van der Waals surface area contributed by atoms with E-state index in [0.717, 1.165) is 17.9 Å². The number of rotatable bonds is 7. The maximum atomic E-state index is 12.6. The van der Waals surface area contributed by atoms with Crippen LogP contribution in [-0.4, -0.2) is 42.5 Å². The number of benzene rings is 2. The zero-order valence-electron chi connectivity index (χ0n) is 17.8. The molecule has 0 spiro atoms. The quantitative estimate of drug-likeness (QED) is 0.467. The normalized spacial score (nSPS) is 17.0. The predicted molar refractivity (Wildman–Crippen MR) is 127 cm³/mol.